The smallest absolute Gasteiger partial charge is 0.142 e. The Morgan fingerprint density at radius 2 is 2.29 bits per heavy atom. The van der Waals surface area contributed by atoms with Crippen molar-refractivity contribution in [2.75, 3.05) is 0 Å². The zero-order chi connectivity index (χ0) is 12.4. The van der Waals surface area contributed by atoms with Crippen LogP contribution < -0.4 is 0 Å². The Morgan fingerprint density at radius 1 is 1.53 bits per heavy atom. The number of nitrogens with zero attached hydrogens (tertiary/aromatic N) is 1. The molecule has 0 aliphatic heterocycles. The van der Waals surface area contributed by atoms with Crippen LogP contribution in [0.1, 0.15) is 22.4 Å². The van der Waals surface area contributed by atoms with Crippen molar-refractivity contribution in [3.8, 4) is 0 Å². The van der Waals surface area contributed by atoms with E-state index in [0.717, 1.165) is 5.01 Å². The molecule has 0 aliphatic carbocycles. The lowest BCUT2D eigenvalue weighted by atomic mass is 10.1. The standard InChI is InChI=1S/C12H11ClFNOS/c1-7-15-11(6-17-7)12(16)5-8-2-3-9(13)10(14)4-8/h2-4,6,12,16H,5H2,1H3. The molecular weight excluding hydrogens is 261 g/mol. The largest absolute Gasteiger partial charge is 0.386 e. The van der Waals surface area contributed by atoms with Crippen LogP contribution in [0.15, 0.2) is 23.6 Å². The van der Waals surface area contributed by atoms with Crippen LogP contribution in [0, 0.1) is 12.7 Å². The van der Waals surface area contributed by atoms with E-state index in [9.17, 15) is 9.50 Å². The minimum absolute atomic E-state index is 0.0905. The predicted octanol–water partition coefficient (Wildman–Crippen LogP) is 3.52. The summed E-state index contributed by atoms with van der Waals surface area (Å²) in [6, 6.07) is 4.53. The third-order valence-electron chi connectivity index (χ3n) is 2.39. The van der Waals surface area contributed by atoms with E-state index in [4.69, 9.17) is 11.6 Å². The van der Waals surface area contributed by atoms with Gasteiger partial charge >= 0.3 is 0 Å². The molecule has 0 radical (unpaired) electrons. The average molecular weight is 272 g/mol. The van der Waals surface area contributed by atoms with Crippen molar-refractivity contribution < 1.29 is 9.50 Å². The Labute approximate surface area is 108 Å². The van der Waals surface area contributed by atoms with Gasteiger partial charge in [-0.3, -0.25) is 0 Å². The third-order valence-corrected chi connectivity index (χ3v) is 3.49. The van der Waals surface area contributed by atoms with Crippen LogP contribution >= 0.6 is 22.9 Å². The minimum Gasteiger partial charge on any atom is -0.386 e. The summed E-state index contributed by atoms with van der Waals surface area (Å²) in [6.07, 6.45) is -0.377. The molecule has 0 fully saturated rings. The van der Waals surface area contributed by atoms with Gasteiger partial charge in [0.25, 0.3) is 0 Å². The van der Waals surface area contributed by atoms with Crippen LogP contribution in [0.3, 0.4) is 0 Å². The number of hydrogen-bond donors (Lipinski definition) is 1. The van der Waals surface area contributed by atoms with Crippen molar-refractivity contribution in [3.05, 3.63) is 50.7 Å². The normalized spacial score (nSPS) is 12.7. The van der Waals surface area contributed by atoms with E-state index in [1.165, 1.54) is 23.5 Å². The minimum atomic E-state index is -0.708. The van der Waals surface area contributed by atoms with Gasteiger partial charge in [0.1, 0.15) is 11.9 Å². The second kappa shape index (κ2) is 5.12. The molecule has 0 spiro atoms. The van der Waals surface area contributed by atoms with Gasteiger partial charge in [-0.2, -0.15) is 0 Å². The summed E-state index contributed by atoms with van der Waals surface area (Å²) in [6.45, 7) is 1.88. The van der Waals surface area contributed by atoms with Gasteiger partial charge in [0, 0.05) is 11.8 Å². The molecule has 5 heteroatoms. The number of benzene rings is 1. The van der Waals surface area contributed by atoms with Crippen molar-refractivity contribution in [2.45, 2.75) is 19.4 Å². The van der Waals surface area contributed by atoms with Crippen LogP contribution in [-0.2, 0) is 6.42 Å². The Morgan fingerprint density at radius 3 is 2.88 bits per heavy atom. The quantitative estimate of drug-likeness (QED) is 0.927. The van der Waals surface area contributed by atoms with Crippen LogP contribution in [0.25, 0.3) is 0 Å². The first-order chi connectivity index (χ1) is 8.06. The Balaban J connectivity index is 2.12. The molecule has 2 nitrogen and oxygen atoms in total. The highest BCUT2D eigenvalue weighted by atomic mass is 35.5. The Bertz CT molecular complexity index is 529. The van der Waals surface area contributed by atoms with Crippen molar-refractivity contribution in [1.82, 2.24) is 4.98 Å². The first-order valence-corrected chi connectivity index (χ1v) is 6.36. The molecule has 90 valence electrons. The first kappa shape index (κ1) is 12.5. The number of hydrogen-bond acceptors (Lipinski definition) is 3. The van der Waals surface area contributed by atoms with E-state index in [0.29, 0.717) is 17.7 Å². The zero-order valence-electron chi connectivity index (χ0n) is 9.15. The van der Waals surface area contributed by atoms with Crippen molar-refractivity contribution in [3.63, 3.8) is 0 Å². The van der Waals surface area contributed by atoms with Crippen LogP contribution in [0.2, 0.25) is 5.02 Å². The highest BCUT2D eigenvalue weighted by Crippen LogP contribution is 2.22. The van der Waals surface area contributed by atoms with E-state index in [-0.39, 0.29) is 5.02 Å². The molecule has 1 heterocycles. The summed E-state index contributed by atoms with van der Waals surface area (Å²) >= 11 is 7.07. The molecule has 1 unspecified atom stereocenters. The average Bonchev–Trinajstić information content (AvgIpc) is 2.70. The molecule has 1 aromatic heterocycles. The number of aliphatic hydroxyl groups is 1. The fraction of sp³-hybridized carbons (Fsp3) is 0.250. The molecule has 0 bridgehead atoms. The highest BCUT2D eigenvalue weighted by Gasteiger charge is 2.12. The SMILES string of the molecule is Cc1nc(C(O)Cc2ccc(Cl)c(F)c2)cs1. The lowest BCUT2D eigenvalue weighted by Gasteiger charge is -2.08. The summed E-state index contributed by atoms with van der Waals surface area (Å²) in [5.41, 5.74) is 1.33. The van der Waals surface area contributed by atoms with Gasteiger partial charge < -0.3 is 5.11 Å². The van der Waals surface area contributed by atoms with E-state index in [1.807, 2.05) is 12.3 Å². The third kappa shape index (κ3) is 3.03. The maximum Gasteiger partial charge on any atom is 0.142 e. The molecule has 17 heavy (non-hydrogen) atoms. The molecule has 0 amide bonds. The summed E-state index contributed by atoms with van der Waals surface area (Å²) < 4.78 is 13.2. The fourth-order valence-corrected chi connectivity index (χ4v) is 2.30. The Hall–Kier alpha value is -0.970. The van der Waals surface area contributed by atoms with Crippen molar-refractivity contribution in [1.29, 1.82) is 0 Å². The van der Waals surface area contributed by atoms with E-state index < -0.39 is 11.9 Å². The van der Waals surface area contributed by atoms with E-state index in [2.05, 4.69) is 4.98 Å². The fourth-order valence-electron chi connectivity index (χ4n) is 1.53. The van der Waals surface area contributed by atoms with Crippen molar-refractivity contribution >= 4 is 22.9 Å². The van der Waals surface area contributed by atoms with Gasteiger partial charge in [-0.1, -0.05) is 17.7 Å². The highest BCUT2D eigenvalue weighted by molar-refractivity contribution is 7.09. The molecule has 1 N–H and O–H groups in total. The molecule has 2 aromatic rings. The van der Waals surface area contributed by atoms with Gasteiger partial charge in [0.15, 0.2) is 0 Å². The van der Waals surface area contributed by atoms with E-state index >= 15 is 0 Å². The lowest BCUT2D eigenvalue weighted by Crippen LogP contribution is -2.02. The van der Waals surface area contributed by atoms with Crippen LogP contribution in [-0.4, -0.2) is 10.1 Å². The Kier molecular flexibility index (Phi) is 3.76. The monoisotopic (exact) mass is 271 g/mol. The molecule has 0 saturated heterocycles. The van der Waals surface area contributed by atoms with Gasteiger partial charge in [-0.05, 0) is 24.6 Å². The van der Waals surface area contributed by atoms with Gasteiger partial charge in [-0.15, -0.1) is 11.3 Å². The number of rotatable bonds is 3. The molecule has 1 atom stereocenters. The second-order valence-electron chi connectivity index (χ2n) is 3.76. The summed E-state index contributed by atoms with van der Waals surface area (Å²) in [5.74, 6) is -0.467. The van der Waals surface area contributed by atoms with Crippen molar-refractivity contribution in [2.24, 2.45) is 0 Å². The maximum absolute atomic E-state index is 13.2. The number of aryl methyl sites for hydroxylation is 1. The maximum atomic E-state index is 13.2. The number of aliphatic hydroxyl groups excluding tert-OH is 1. The summed E-state index contributed by atoms with van der Waals surface area (Å²) in [5, 5.41) is 12.7. The molecule has 2 rings (SSSR count). The molecule has 0 aliphatic rings. The van der Waals surface area contributed by atoms with Crippen LogP contribution in [0.5, 0.6) is 0 Å². The summed E-state index contributed by atoms with van der Waals surface area (Å²) in [4.78, 5) is 4.20. The number of thiazole rings is 1. The molecule has 1 aromatic carbocycles. The lowest BCUT2D eigenvalue weighted by molar-refractivity contribution is 0.174. The predicted molar refractivity (Wildman–Crippen MR) is 66.9 cm³/mol. The van der Waals surface area contributed by atoms with E-state index in [1.54, 1.807) is 6.07 Å². The topological polar surface area (TPSA) is 33.1 Å². The molecule has 0 saturated carbocycles. The van der Waals surface area contributed by atoms with Gasteiger partial charge in [0.2, 0.25) is 0 Å². The molecular formula is C12H11ClFNOS. The van der Waals surface area contributed by atoms with Gasteiger partial charge in [-0.25, -0.2) is 9.37 Å². The second-order valence-corrected chi connectivity index (χ2v) is 5.23. The first-order valence-electron chi connectivity index (χ1n) is 5.10. The summed E-state index contributed by atoms with van der Waals surface area (Å²) in [7, 11) is 0. The zero-order valence-corrected chi connectivity index (χ0v) is 10.7. The van der Waals surface area contributed by atoms with Crippen LogP contribution in [0.4, 0.5) is 4.39 Å². The number of halogens is 2. The number of aromatic nitrogens is 1. The van der Waals surface area contributed by atoms with Gasteiger partial charge in [0.05, 0.1) is 15.7 Å².